The number of para-hydroxylation sites is 1. The molecule has 12 heteroatoms. The number of ether oxygens (including phenoxy) is 2. The first-order chi connectivity index (χ1) is 22.1. The first-order valence-electron chi connectivity index (χ1n) is 16.7. The van der Waals surface area contributed by atoms with E-state index in [9.17, 15) is 8.42 Å². The molecule has 0 unspecified atom stereocenters. The third-order valence-electron chi connectivity index (χ3n) is 8.71. The Morgan fingerprint density at radius 1 is 0.979 bits per heavy atom. The van der Waals surface area contributed by atoms with Crippen molar-refractivity contribution in [2.24, 2.45) is 0 Å². The summed E-state index contributed by atoms with van der Waals surface area (Å²) in [5.41, 5.74) is 5.99. The van der Waals surface area contributed by atoms with Crippen molar-refractivity contribution in [1.82, 2.24) is 19.6 Å². The molecule has 0 radical (unpaired) electrons. The van der Waals surface area contributed by atoms with Crippen LogP contribution >= 0.6 is 0 Å². The van der Waals surface area contributed by atoms with E-state index < -0.39 is 26.0 Å². The van der Waals surface area contributed by atoms with Gasteiger partial charge < -0.3 is 14.4 Å². The highest BCUT2D eigenvalue weighted by Gasteiger charge is 2.32. The summed E-state index contributed by atoms with van der Waals surface area (Å²) in [5, 5.41) is 5.97. The predicted octanol–water partition coefficient (Wildman–Crippen LogP) is 7.70. The van der Waals surface area contributed by atoms with E-state index in [-0.39, 0.29) is 17.4 Å². The van der Waals surface area contributed by atoms with E-state index in [2.05, 4.69) is 62.9 Å². The van der Waals surface area contributed by atoms with Crippen LogP contribution in [0.4, 0.5) is 5.82 Å². The van der Waals surface area contributed by atoms with E-state index in [1.807, 2.05) is 42.0 Å². The molecule has 4 aromatic rings. The number of nitrogens with zero attached hydrogens (tertiary/aromatic N) is 5. The van der Waals surface area contributed by atoms with Crippen LogP contribution in [0.3, 0.4) is 0 Å². The summed E-state index contributed by atoms with van der Waals surface area (Å²) in [4.78, 5) is 12.1. The number of benzene rings is 1. The maximum Gasteiger partial charge on any atom is 0.165 e. The lowest BCUT2D eigenvalue weighted by Crippen LogP contribution is -2.34. The Labute approximate surface area is 282 Å². The van der Waals surface area contributed by atoms with Crippen molar-refractivity contribution in [2.75, 3.05) is 43.1 Å². The molecule has 1 aliphatic heterocycles. The number of pyridine rings is 1. The number of sulfone groups is 1. The van der Waals surface area contributed by atoms with Crippen LogP contribution in [0.25, 0.3) is 33.3 Å². The van der Waals surface area contributed by atoms with Crippen LogP contribution in [-0.4, -0.2) is 82.3 Å². The van der Waals surface area contributed by atoms with Gasteiger partial charge in [0.2, 0.25) is 0 Å². The van der Waals surface area contributed by atoms with E-state index in [4.69, 9.17) is 24.5 Å². The first kappa shape index (κ1) is 35.4. The van der Waals surface area contributed by atoms with Gasteiger partial charge in [-0.1, -0.05) is 64.1 Å². The summed E-state index contributed by atoms with van der Waals surface area (Å²) in [5.74, 6) is 1.08. The molecule has 254 valence electrons. The van der Waals surface area contributed by atoms with E-state index in [1.54, 1.807) is 0 Å². The van der Waals surface area contributed by atoms with Crippen LogP contribution in [0.1, 0.15) is 36.9 Å². The van der Waals surface area contributed by atoms with Gasteiger partial charge in [0.25, 0.3) is 0 Å². The minimum Gasteiger partial charge on any atom is -0.361 e. The zero-order chi connectivity index (χ0) is 34.0. The molecule has 1 aliphatic rings. The summed E-state index contributed by atoms with van der Waals surface area (Å²) in [6.07, 6.45) is 4.76. The van der Waals surface area contributed by atoms with Crippen molar-refractivity contribution in [3.05, 3.63) is 60.6 Å². The van der Waals surface area contributed by atoms with Crippen LogP contribution in [0, 0.1) is 0 Å². The van der Waals surface area contributed by atoms with Crippen molar-refractivity contribution in [1.29, 1.82) is 0 Å². The van der Waals surface area contributed by atoms with Crippen LogP contribution in [0.15, 0.2) is 49.3 Å². The van der Waals surface area contributed by atoms with Gasteiger partial charge in [0, 0.05) is 63.6 Å². The van der Waals surface area contributed by atoms with Crippen LogP contribution in [0.2, 0.25) is 51.4 Å². The molecule has 9 nitrogen and oxygen atoms in total. The number of rotatable bonds is 14. The highest BCUT2D eigenvalue weighted by Crippen LogP contribution is 2.40. The van der Waals surface area contributed by atoms with E-state index in [0.29, 0.717) is 45.2 Å². The van der Waals surface area contributed by atoms with E-state index >= 15 is 0 Å². The van der Waals surface area contributed by atoms with Crippen molar-refractivity contribution >= 4 is 53.9 Å². The molecule has 0 saturated carbocycles. The van der Waals surface area contributed by atoms with Gasteiger partial charge in [0.1, 0.15) is 29.1 Å². The van der Waals surface area contributed by atoms with Crippen molar-refractivity contribution in [3.63, 3.8) is 0 Å². The molecule has 1 aromatic carbocycles. The molecule has 0 N–H and O–H groups in total. The van der Waals surface area contributed by atoms with Gasteiger partial charge in [-0.3, -0.25) is 4.98 Å². The van der Waals surface area contributed by atoms with Gasteiger partial charge in [0.15, 0.2) is 5.65 Å². The lowest BCUT2D eigenvalue weighted by molar-refractivity contribution is 0.0942. The quantitative estimate of drug-likeness (QED) is 0.0753. The minimum atomic E-state index is -3.06. The number of fused-ring (bicyclic) bond motifs is 2. The standard InChI is InChI=1S/C35H51N5O4SSi2/c1-26(2)32-33(27-13-17-45(41,42)18-14-27)38-34-30(29-21-28-11-9-10-12-31(28)36-22-29)23-37-40(34)35(32)39(24-43-15-19-46(3,4)5)25-44-16-20-47(6,7)8/h9-12,21-23,27H,1,13-20,24-25H2,2-8H3. The fourth-order valence-electron chi connectivity index (χ4n) is 5.84. The second-order valence-electron chi connectivity index (χ2n) is 15.3. The van der Waals surface area contributed by atoms with Crippen LogP contribution in [0.5, 0.6) is 0 Å². The van der Waals surface area contributed by atoms with E-state index in [1.165, 1.54) is 0 Å². The topological polar surface area (TPSA) is 98.9 Å². The Morgan fingerprint density at radius 2 is 1.60 bits per heavy atom. The largest absolute Gasteiger partial charge is 0.361 e. The lowest BCUT2D eigenvalue weighted by atomic mass is 9.92. The third-order valence-corrected chi connectivity index (χ3v) is 13.8. The normalized spacial score (nSPS) is 15.8. The predicted molar refractivity (Wildman–Crippen MR) is 199 cm³/mol. The molecule has 4 heterocycles. The molecule has 1 fully saturated rings. The van der Waals surface area contributed by atoms with E-state index in [0.717, 1.165) is 56.8 Å². The molecule has 0 aliphatic carbocycles. The van der Waals surface area contributed by atoms with Gasteiger partial charge >= 0.3 is 0 Å². The summed E-state index contributed by atoms with van der Waals surface area (Å²) in [7, 11) is -5.66. The van der Waals surface area contributed by atoms with Crippen LogP contribution < -0.4 is 4.90 Å². The molecular formula is C35H51N5O4SSi2. The Bertz CT molecular complexity index is 1810. The van der Waals surface area contributed by atoms with Crippen molar-refractivity contribution < 1.29 is 17.9 Å². The number of anilines is 1. The maximum atomic E-state index is 12.5. The lowest BCUT2D eigenvalue weighted by Gasteiger charge is -2.31. The molecule has 47 heavy (non-hydrogen) atoms. The zero-order valence-electron chi connectivity index (χ0n) is 29.2. The Hall–Kier alpha value is -2.91. The summed E-state index contributed by atoms with van der Waals surface area (Å²) >= 11 is 0. The zero-order valence-corrected chi connectivity index (χ0v) is 32.0. The number of hydrogen-bond acceptors (Lipinski definition) is 8. The molecule has 0 bridgehead atoms. The monoisotopic (exact) mass is 693 g/mol. The molecule has 3 aromatic heterocycles. The SMILES string of the molecule is C=C(C)c1c(C2CCS(=O)(=O)CC2)nc2c(-c3cnc4ccccc4c3)cnn2c1N(COCC[Si](C)(C)C)COCC[Si](C)(C)C. The Kier molecular flexibility index (Phi) is 10.8. The fourth-order valence-corrected chi connectivity index (χ4v) is 8.85. The molecule has 0 spiro atoms. The average molecular weight is 694 g/mol. The highest BCUT2D eigenvalue weighted by molar-refractivity contribution is 7.91. The molecule has 0 atom stereocenters. The van der Waals surface area contributed by atoms with Gasteiger partial charge in [-0.15, -0.1) is 0 Å². The van der Waals surface area contributed by atoms with Crippen LogP contribution in [-0.2, 0) is 19.3 Å². The number of allylic oxidation sites excluding steroid dienone is 1. The Balaban J connectivity index is 1.66. The average Bonchev–Trinajstić information content (AvgIpc) is 3.42. The van der Waals surface area contributed by atoms with Gasteiger partial charge in [-0.2, -0.15) is 9.61 Å². The van der Waals surface area contributed by atoms with Crippen molar-refractivity contribution in [3.8, 4) is 11.1 Å². The molecular weight excluding hydrogens is 643 g/mol. The smallest absolute Gasteiger partial charge is 0.165 e. The summed E-state index contributed by atoms with van der Waals surface area (Å²) in [6.45, 7) is 22.5. The second kappa shape index (κ2) is 14.3. The van der Waals surface area contributed by atoms with Crippen molar-refractivity contribution in [2.45, 2.75) is 77.1 Å². The van der Waals surface area contributed by atoms with Gasteiger partial charge in [-0.05, 0) is 49.6 Å². The first-order valence-corrected chi connectivity index (χ1v) is 25.9. The molecule has 5 rings (SSSR count). The third kappa shape index (κ3) is 8.97. The van der Waals surface area contributed by atoms with Gasteiger partial charge in [0.05, 0.1) is 28.9 Å². The maximum absolute atomic E-state index is 12.5. The second-order valence-corrected chi connectivity index (χ2v) is 28.9. The number of hydrogen-bond donors (Lipinski definition) is 0. The minimum absolute atomic E-state index is 0.0334. The molecule has 0 amide bonds. The Morgan fingerprint density at radius 3 is 2.19 bits per heavy atom. The summed E-state index contributed by atoms with van der Waals surface area (Å²) in [6, 6.07) is 12.3. The van der Waals surface area contributed by atoms with Gasteiger partial charge in [-0.25, -0.2) is 13.4 Å². The number of aromatic nitrogens is 4. The summed E-state index contributed by atoms with van der Waals surface area (Å²) < 4.78 is 39.6. The fraction of sp³-hybridized carbons (Fsp3) is 0.514. The highest BCUT2D eigenvalue weighted by atomic mass is 32.2. The molecule has 1 saturated heterocycles.